The van der Waals surface area contributed by atoms with Crippen molar-refractivity contribution in [2.45, 2.75) is 6.54 Å². The molecule has 0 amide bonds. The van der Waals surface area contributed by atoms with E-state index in [0.717, 1.165) is 18.9 Å². The van der Waals surface area contributed by atoms with Crippen LogP contribution in [-0.2, 0) is 6.54 Å². The number of benzene rings is 1. The van der Waals surface area contributed by atoms with Gasteiger partial charge in [-0.3, -0.25) is 5.32 Å². The molecule has 0 saturated heterocycles. The van der Waals surface area contributed by atoms with Crippen molar-refractivity contribution in [2.75, 3.05) is 12.0 Å². The first-order chi connectivity index (χ1) is 5.90. The Balaban J connectivity index is 2.44. The third kappa shape index (κ3) is 1.13. The summed E-state index contributed by atoms with van der Waals surface area (Å²) in [6.07, 6.45) is 0. The third-order valence-corrected chi connectivity index (χ3v) is 1.96. The minimum Gasteiger partial charge on any atom is -0.372 e. The van der Waals surface area contributed by atoms with Crippen LogP contribution >= 0.6 is 0 Å². The summed E-state index contributed by atoms with van der Waals surface area (Å²) in [6, 6.07) is 7.82. The fourth-order valence-corrected chi connectivity index (χ4v) is 1.32. The predicted octanol–water partition coefficient (Wildman–Crippen LogP) is 1.03. The molecule has 1 aromatic rings. The van der Waals surface area contributed by atoms with Gasteiger partial charge in [-0.1, -0.05) is 6.07 Å². The molecule has 1 aliphatic heterocycles. The number of rotatable bonds is 0. The third-order valence-electron chi connectivity index (χ3n) is 1.96. The molecule has 12 heavy (non-hydrogen) atoms. The Bertz CT molecular complexity index is 338. The Kier molecular flexibility index (Phi) is 1.69. The lowest BCUT2D eigenvalue weighted by Crippen LogP contribution is -2.27. The summed E-state index contributed by atoms with van der Waals surface area (Å²) in [6.45, 7) is 1.66. The van der Waals surface area contributed by atoms with Gasteiger partial charge in [0.25, 0.3) is 0 Å². The van der Waals surface area contributed by atoms with E-state index in [1.165, 1.54) is 5.56 Å². The normalized spacial score (nSPS) is 14.2. The Labute approximate surface area is 71.0 Å². The van der Waals surface area contributed by atoms with Crippen molar-refractivity contribution in [3.63, 3.8) is 0 Å². The molecule has 0 radical (unpaired) electrons. The molecule has 3 heteroatoms. The van der Waals surface area contributed by atoms with Crippen LogP contribution in [0.1, 0.15) is 11.1 Å². The maximum atomic E-state index is 8.65. The topological polar surface area (TPSA) is 47.9 Å². The fourth-order valence-electron chi connectivity index (χ4n) is 1.32. The second kappa shape index (κ2) is 2.84. The zero-order valence-electron chi connectivity index (χ0n) is 6.59. The molecule has 1 aliphatic rings. The molecule has 3 nitrogen and oxygen atoms in total. The van der Waals surface area contributed by atoms with Crippen LogP contribution in [0, 0.1) is 11.3 Å². The van der Waals surface area contributed by atoms with Crippen LogP contribution in [0.5, 0.6) is 0 Å². The van der Waals surface area contributed by atoms with E-state index in [4.69, 9.17) is 5.26 Å². The average Bonchev–Trinajstić information content (AvgIpc) is 2.17. The molecule has 0 bridgehead atoms. The molecule has 0 fully saturated rings. The zero-order valence-corrected chi connectivity index (χ0v) is 6.59. The Morgan fingerprint density at radius 2 is 2.33 bits per heavy atom. The molecule has 0 unspecified atom stereocenters. The van der Waals surface area contributed by atoms with E-state index in [1.54, 1.807) is 0 Å². The van der Waals surface area contributed by atoms with Gasteiger partial charge in [-0.05, 0) is 17.7 Å². The van der Waals surface area contributed by atoms with Gasteiger partial charge in [-0.15, -0.1) is 0 Å². The van der Waals surface area contributed by atoms with E-state index in [9.17, 15) is 0 Å². The Morgan fingerprint density at radius 3 is 3.17 bits per heavy atom. The lowest BCUT2D eigenvalue weighted by Gasteiger charge is -2.18. The van der Waals surface area contributed by atoms with Gasteiger partial charge in [0, 0.05) is 12.2 Å². The summed E-state index contributed by atoms with van der Waals surface area (Å²) in [5.74, 6) is 0. The second-order valence-electron chi connectivity index (χ2n) is 2.76. The van der Waals surface area contributed by atoms with Crippen molar-refractivity contribution in [1.82, 2.24) is 5.32 Å². The molecular weight excluding hydrogens is 150 g/mol. The van der Waals surface area contributed by atoms with Gasteiger partial charge < -0.3 is 5.32 Å². The monoisotopic (exact) mass is 159 g/mol. The highest BCUT2D eigenvalue weighted by atomic mass is 15.1. The van der Waals surface area contributed by atoms with Crippen LogP contribution in [0.4, 0.5) is 5.69 Å². The van der Waals surface area contributed by atoms with E-state index < -0.39 is 0 Å². The highest BCUT2D eigenvalue weighted by Crippen LogP contribution is 2.19. The van der Waals surface area contributed by atoms with E-state index in [2.05, 4.69) is 16.7 Å². The van der Waals surface area contributed by atoms with Crippen LogP contribution in [0.25, 0.3) is 0 Å². The summed E-state index contributed by atoms with van der Waals surface area (Å²) >= 11 is 0. The number of fused-ring (bicyclic) bond motifs is 1. The molecule has 2 N–H and O–H groups in total. The first kappa shape index (κ1) is 7.14. The van der Waals surface area contributed by atoms with Crippen LogP contribution in [0.2, 0.25) is 0 Å². The van der Waals surface area contributed by atoms with Gasteiger partial charge in [-0.2, -0.15) is 5.26 Å². The van der Waals surface area contributed by atoms with Gasteiger partial charge in [0.05, 0.1) is 18.3 Å². The summed E-state index contributed by atoms with van der Waals surface area (Å²) < 4.78 is 0. The molecule has 0 spiro atoms. The van der Waals surface area contributed by atoms with Gasteiger partial charge >= 0.3 is 0 Å². The van der Waals surface area contributed by atoms with Crippen molar-refractivity contribution in [2.24, 2.45) is 0 Å². The maximum absolute atomic E-state index is 8.65. The van der Waals surface area contributed by atoms with Gasteiger partial charge in [0.15, 0.2) is 0 Å². The van der Waals surface area contributed by atoms with Crippen molar-refractivity contribution < 1.29 is 0 Å². The van der Waals surface area contributed by atoms with E-state index in [1.807, 2.05) is 18.2 Å². The molecule has 0 atom stereocenters. The smallest absolute Gasteiger partial charge is 0.0992 e. The molecule has 1 aromatic carbocycles. The molecular formula is C9H9N3. The Hall–Kier alpha value is -1.53. The first-order valence-corrected chi connectivity index (χ1v) is 3.88. The largest absolute Gasteiger partial charge is 0.372 e. The van der Waals surface area contributed by atoms with Crippen LogP contribution in [-0.4, -0.2) is 6.67 Å². The average molecular weight is 159 g/mol. The van der Waals surface area contributed by atoms with Crippen LogP contribution in [0.3, 0.4) is 0 Å². The molecule has 2 rings (SSSR count). The number of hydrogen-bond acceptors (Lipinski definition) is 3. The van der Waals surface area contributed by atoms with Gasteiger partial charge in [-0.25, -0.2) is 0 Å². The standard InChI is InChI=1S/C9H9N3/c10-4-7-1-2-8-5-11-6-12-9(8)3-7/h1-3,11-12H,5-6H2. The van der Waals surface area contributed by atoms with Crippen molar-refractivity contribution in [1.29, 1.82) is 5.26 Å². The van der Waals surface area contributed by atoms with Crippen molar-refractivity contribution in [3.8, 4) is 6.07 Å². The lowest BCUT2D eigenvalue weighted by molar-refractivity contribution is 0.709. The summed E-state index contributed by atoms with van der Waals surface area (Å²) in [7, 11) is 0. The second-order valence-corrected chi connectivity index (χ2v) is 2.76. The van der Waals surface area contributed by atoms with Gasteiger partial charge in [0.1, 0.15) is 0 Å². The highest BCUT2D eigenvalue weighted by molar-refractivity contribution is 5.56. The number of anilines is 1. The molecule has 0 saturated carbocycles. The maximum Gasteiger partial charge on any atom is 0.0992 e. The minimum absolute atomic E-state index is 0.711. The number of nitriles is 1. The quantitative estimate of drug-likeness (QED) is 0.594. The molecule has 1 heterocycles. The zero-order chi connectivity index (χ0) is 8.39. The molecule has 0 aromatic heterocycles. The van der Waals surface area contributed by atoms with E-state index in [0.29, 0.717) is 5.56 Å². The van der Waals surface area contributed by atoms with Crippen molar-refractivity contribution in [3.05, 3.63) is 29.3 Å². The SMILES string of the molecule is N#Cc1ccc2c(c1)NCNC2. The minimum atomic E-state index is 0.711. The fraction of sp³-hybridized carbons (Fsp3) is 0.222. The lowest BCUT2D eigenvalue weighted by atomic mass is 10.1. The summed E-state index contributed by atoms with van der Waals surface area (Å²) in [5.41, 5.74) is 3.01. The van der Waals surface area contributed by atoms with Crippen LogP contribution < -0.4 is 10.6 Å². The number of nitrogens with zero attached hydrogens (tertiary/aromatic N) is 1. The highest BCUT2D eigenvalue weighted by Gasteiger charge is 2.06. The van der Waals surface area contributed by atoms with E-state index >= 15 is 0 Å². The number of nitrogens with one attached hydrogen (secondary N) is 2. The molecule has 0 aliphatic carbocycles. The first-order valence-electron chi connectivity index (χ1n) is 3.88. The van der Waals surface area contributed by atoms with Gasteiger partial charge in [0.2, 0.25) is 0 Å². The summed E-state index contributed by atoms with van der Waals surface area (Å²) in [5, 5.41) is 15.0. The van der Waals surface area contributed by atoms with E-state index in [-0.39, 0.29) is 0 Å². The Morgan fingerprint density at radius 1 is 1.42 bits per heavy atom. The van der Waals surface area contributed by atoms with Crippen LogP contribution in [0.15, 0.2) is 18.2 Å². The van der Waals surface area contributed by atoms with Crippen molar-refractivity contribution >= 4 is 5.69 Å². The molecule has 60 valence electrons. The summed E-state index contributed by atoms with van der Waals surface area (Å²) in [4.78, 5) is 0. The number of hydrogen-bond donors (Lipinski definition) is 2. The predicted molar refractivity (Wildman–Crippen MR) is 46.5 cm³/mol.